The maximum atomic E-state index is 12.2. The minimum Gasteiger partial charge on any atom is -0.483 e. The Balaban J connectivity index is 1.71. The number of hydrazone groups is 1. The summed E-state index contributed by atoms with van der Waals surface area (Å²) in [5.41, 5.74) is 5.81. The number of halogens is 1. The van der Waals surface area contributed by atoms with Gasteiger partial charge in [0.15, 0.2) is 6.61 Å². The quantitative estimate of drug-likeness (QED) is 0.520. The van der Waals surface area contributed by atoms with Gasteiger partial charge in [-0.25, -0.2) is 5.43 Å². The predicted molar refractivity (Wildman–Crippen MR) is 106 cm³/mol. The molecule has 2 aromatic carbocycles. The van der Waals surface area contributed by atoms with Gasteiger partial charge in [-0.1, -0.05) is 41.9 Å². The summed E-state index contributed by atoms with van der Waals surface area (Å²) in [5, 5.41) is 4.93. The second kappa shape index (κ2) is 8.96. The molecule has 0 saturated carbocycles. The number of nitrogens with zero attached hydrogens (tertiary/aromatic N) is 2. The van der Waals surface area contributed by atoms with Crippen molar-refractivity contribution < 1.29 is 9.53 Å². The molecule has 0 atom stereocenters. The van der Waals surface area contributed by atoms with Crippen LogP contribution in [-0.4, -0.2) is 23.2 Å². The zero-order valence-electron chi connectivity index (χ0n) is 14.7. The van der Waals surface area contributed by atoms with E-state index in [2.05, 4.69) is 15.5 Å². The Morgan fingerprint density at radius 1 is 1.07 bits per heavy atom. The average molecular weight is 380 g/mol. The lowest BCUT2D eigenvalue weighted by atomic mass is 10.0. The van der Waals surface area contributed by atoms with Gasteiger partial charge in [0.1, 0.15) is 5.75 Å². The van der Waals surface area contributed by atoms with E-state index in [0.29, 0.717) is 16.5 Å². The lowest BCUT2D eigenvalue weighted by molar-refractivity contribution is -0.123. The van der Waals surface area contributed by atoms with E-state index in [4.69, 9.17) is 16.3 Å². The summed E-state index contributed by atoms with van der Waals surface area (Å²) in [6.07, 6.45) is 3.37. The SMILES string of the molecule is Cc1cc(Cl)ccc1OCC(=O)N/N=C(/c1ccccc1)c1ccncc1. The molecule has 0 spiro atoms. The molecule has 0 bridgehead atoms. The zero-order valence-corrected chi connectivity index (χ0v) is 15.5. The van der Waals surface area contributed by atoms with E-state index < -0.39 is 0 Å². The van der Waals surface area contributed by atoms with Crippen LogP contribution in [0.15, 0.2) is 78.2 Å². The third-order valence-electron chi connectivity index (χ3n) is 3.79. The van der Waals surface area contributed by atoms with Crippen LogP contribution in [-0.2, 0) is 4.79 Å². The van der Waals surface area contributed by atoms with Crippen molar-refractivity contribution in [3.8, 4) is 5.75 Å². The van der Waals surface area contributed by atoms with Crippen LogP contribution in [0.4, 0.5) is 0 Å². The predicted octanol–water partition coefficient (Wildman–Crippen LogP) is 3.99. The van der Waals surface area contributed by atoms with Crippen LogP contribution in [0.1, 0.15) is 16.7 Å². The first-order valence-electron chi connectivity index (χ1n) is 8.35. The fraction of sp³-hybridized carbons (Fsp3) is 0.0952. The number of hydrogen-bond donors (Lipinski definition) is 1. The van der Waals surface area contributed by atoms with E-state index in [1.54, 1.807) is 30.6 Å². The topological polar surface area (TPSA) is 63.6 Å². The molecular formula is C21H18ClN3O2. The van der Waals surface area contributed by atoms with Crippen LogP contribution in [0.25, 0.3) is 0 Å². The number of carbonyl (C=O) groups is 1. The van der Waals surface area contributed by atoms with Crippen LogP contribution in [0.2, 0.25) is 5.02 Å². The summed E-state index contributed by atoms with van der Waals surface area (Å²) in [6.45, 7) is 1.72. The van der Waals surface area contributed by atoms with E-state index in [0.717, 1.165) is 16.7 Å². The van der Waals surface area contributed by atoms with E-state index in [1.165, 1.54) is 0 Å². The third kappa shape index (κ3) is 5.15. The normalized spacial score (nSPS) is 11.1. The van der Waals surface area contributed by atoms with Gasteiger partial charge in [-0.2, -0.15) is 5.10 Å². The molecule has 0 radical (unpaired) electrons. The molecule has 0 unspecified atom stereocenters. The van der Waals surface area contributed by atoms with E-state index in [9.17, 15) is 4.79 Å². The largest absolute Gasteiger partial charge is 0.483 e. The molecule has 27 heavy (non-hydrogen) atoms. The Labute approximate surface area is 162 Å². The Bertz CT molecular complexity index is 903. The van der Waals surface area contributed by atoms with Crippen molar-refractivity contribution in [1.82, 2.24) is 10.4 Å². The average Bonchev–Trinajstić information content (AvgIpc) is 2.69. The van der Waals surface area contributed by atoms with Crippen molar-refractivity contribution in [3.05, 3.63) is 94.8 Å². The highest BCUT2D eigenvalue weighted by atomic mass is 35.5. The summed E-state index contributed by atoms with van der Waals surface area (Å²) < 4.78 is 5.55. The molecule has 3 aromatic rings. The fourth-order valence-corrected chi connectivity index (χ4v) is 2.70. The molecule has 1 heterocycles. The maximum absolute atomic E-state index is 12.2. The van der Waals surface area contributed by atoms with Crippen molar-refractivity contribution in [1.29, 1.82) is 0 Å². The van der Waals surface area contributed by atoms with Gasteiger partial charge in [0.2, 0.25) is 0 Å². The molecule has 0 aliphatic rings. The van der Waals surface area contributed by atoms with Gasteiger partial charge in [-0.15, -0.1) is 0 Å². The first-order valence-corrected chi connectivity index (χ1v) is 8.72. The Kier molecular flexibility index (Phi) is 6.18. The smallest absolute Gasteiger partial charge is 0.277 e. The Morgan fingerprint density at radius 2 is 1.78 bits per heavy atom. The number of ether oxygens (including phenoxy) is 1. The minimum absolute atomic E-state index is 0.148. The van der Waals surface area contributed by atoms with Crippen LogP contribution in [0.5, 0.6) is 5.75 Å². The van der Waals surface area contributed by atoms with Crippen molar-refractivity contribution in [2.75, 3.05) is 6.61 Å². The molecule has 0 saturated heterocycles. The van der Waals surface area contributed by atoms with E-state index >= 15 is 0 Å². The first-order chi connectivity index (χ1) is 13.1. The van der Waals surface area contributed by atoms with Crippen molar-refractivity contribution in [3.63, 3.8) is 0 Å². The first kappa shape index (κ1) is 18.6. The molecule has 0 aliphatic carbocycles. The fourth-order valence-electron chi connectivity index (χ4n) is 2.47. The van der Waals surface area contributed by atoms with Gasteiger partial charge >= 0.3 is 0 Å². The molecule has 6 heteroatoms. The van der Waals surface area contributed by atoms with Gasteiger partial charge in [0.05, 0.1) is 5.71 Å². The van der Waals surface area contributed by atoms with Gasteiger partial charge in [-0.3, -0.25) is 9.78 Å². The van der Waals surface area contributed by atoms with Crippen molar-refractivity contribution >= 4 is 23.2 Å². The standard InChI is InChI=1S/C21H18ClN3O2/c1-15-13-18(22)7-8-19(15)27-14-20(26)24-25-21(16-5-3-2-4-6-16)17-9-11-23-12-10-17/h2-13H,14H2,1H3,(H,24,26)/b25-21-. The van der Waals surface area contributed by atoms with Crippen LogP contribution in [0, 0.1) is 6.92 Å². The molecule has 1 amide bonds. The van der Waals surface area contributed by atoms with Gasteiger partial charge in [0, 0.05) is 28.5 Å². The number of pyridine rings is 1. The molecule has 3 rings (SSSR count). The summed E-state index contributed by atoms with van der Waals surface area (Å²) in [5.74, 6) is 0.253. The third-order valence-corrected chi connectivity index (χ3v) is 4.02. The van der Waals surface area contributed by atoms with E-state index in [1.807, 2.05) is 49.4 Å². The molecule has 5 nitrogen and oxygen atoms in total. The summed E-state index contributed by atoms with van der Waals surface area (Å²) in [6, 6.07) is 18.5. The van der Waals surface area contributed by atoms with Crippen molar-refractivity contribution in [2.45, 2.75) is 6.92 Å². The summed E-state index contributed by atoms with van der Waals surface area (Å²) in [7, 11) is 0. The highest BCUT2D eigenvalue weighted by Crippen LogP contribution is 2.21. The Morgan fingerprint density at radius 3 is 2.48 bits per heavy atom. The second-order valence-electron chi connectivity index (χ2n) is 5.80. The van der Waals surface area contributed by atoms with Crippen LogP contribution in [0.3, 0.4) is 0 Å². The molecule has 0 fully saturated rings. The lowest BCUT2D eigenvalue weighted by Gasteiger charge is -2.10. The van der Waals surface area contributed by atoms with Gasteiger partial charge in [0.25, 0.3) is 5.91 Å². The molecule has 1 aromatic heterocycles. The zero-order chi connectivity index (χ0) is 19.1. The van der Waals surface area contributed by atoms with E-state index in [-0.39, 0.29) is 12.5 Å². The number of benzene rings is 2. The second-order valence-corrected chi connectivity index (χ2v) is 6.23. The highest BCUT2D eigenvalue weighted by Gasteiger charge is 2.09. The molecule has 0 aliphatic heterocycles. The number of aryl methyl sites for hydroxylation is 1. The number of amides is 1. The molecule has 1 N–H and O–H groups in total. The van der Waals surface area contributed by atoms with Crippen LogP contribution < -0.4 is 10.2 Å². The monoisotopic (exact) mass is 379 g/mol. The minimum atomic E-state index is -0.355. The Hall–Kier alpha value is -3.18. The number of hydrogen-bond acceptors (Lipinski definition) is 4. The highest BCUT2D eigenvalue weighted by molar-refractivity contribution is 6.30. The number of rotatable bonds is 6. The molecule has 136 valence electrons. The van der Waals surface area contributed by atoms with Gasteiger partial charge in [-0.05, 0) is 42.8 Å². The number of carbonyl (C=O) groups excluding carboxylic acids is 1. The maximum Gasteiger partial charge on any atom is 0.277 e. The lowest BCUT2D eigenvalue weighted by Crippen LogP contribution is -2.26. The number of aromatic nitrogens is 1. The number of nitrogens with one attached hydrogen (secondary N) is 1. The van der Waals surface area contributed by atoms with Gasteiger partial charge < -0.3 is 4.74 Å². The summed E-state index contributed by atoms with van der Waals surface area (Å²) >= 11 is 5.92. The summed E-state index contributed by atoms with van der Waals surface area (Å²) in [4.78, 5) is 16.2. The van der Waals surface area contributed by atoms with Crippen LogP contribution >= 0.6 is 11.6 Å². The molecular weight excluding hydrogens is 362 g/mol. The van der Waals surface area contributed by atoms with Crippen molar-refractivity contribution in [2.24, 2.45) is 5.10 Å².